The lowest BCUT2D eigenvalue weighted by Gasteiger charge is -2.23. The first-order valence-corrected chi connectivity index (χ1v) is 11.5. The number of hydrogen-bond donors (Lipinski definition) is 3. The van der Waals surface area contributed by atoms with Crippen LogP contribution in [0.15, 0.2) is 48.5 Å². The van der Waals surface area contributed by atoms with Crippen LogP contribution in [0, 0.1) is 5.92 Å². The third kappa shape index (κ3) is 5.72. The second-order valence-corrected chi connectivity index (χ2v) is 8.58. The molecule has 3 rings (SSSR count). The van der Waals surface area contributed by atoms with E-state index in [1.807, 2.05) is 50.2 Å². The van der Waals surface area contributed by atoms with Crippen molar-refractivity contribution in [2.24, 2.45) is 5.92 Å². The highest BCUT2D eigenvalue weighted by molar-refractivity contribution is 5.89. The third-order valence-electron chi connectivity index (χ3n) is 6.31. The van der Waals surface area contributed by atoms with Gasteiger partial charge in [0.1, 0.15) is 18.7 Å². The zero-order chi connectivity index (χ0) is 24.0. The van der Waals surface area contributed by atoms with Crippen molar-refractivity contribution < 1.29 is 24.2 Å². The Hall–Kier alpha value is -3.35. The average molecular weight is 453 g/mol. The molecule has 1 aliphatic rings. The summed E-state index contributed by atoms with van der Waals surface area (Å²) in [5.74, 6) is -1.53. The molecule has 7 heteroatoms. The van der Waals surface area contributed by atoms with Gasteiger partial charge in [-0.15, -0.1) is 0 Å². The molecule has 2 aromatic carbocycles. The first-order valence-electron chi connectivity index (χ1n) is 11.5. The zero-order valence-corrected chi connectivity index (χ0v) is 19.3. The van der Waals surface area contributed by atoms with Gasteiger partial charge in [0.25, 0.3) is 0 Å². The van der Waals surface area contributed by atoms with Gasteiger partial charge in [0.05, 0.1) is 0 Å². The largest absolute Gasteiger partial charge is 0.480 e. The fourth-order valence-electron chi connectivity index (χ4n) is 4.19. The highest BCUT2D eigenvalue weighted by atomic mass is 16.5. The molecule has 0 radical (unpaired) electrons. The highest BCUT2D eigenvalue weighted by Gasteiger charge is 2.31. The van der Waals surface area contributed by atoms with Gasteiger partial charge < -0.3 is 20.5 Å². The first-order chi connectivity index (χ1) is 15.8. The van der Waals surface area contributed by atoms with Gasteiger partial charge in [-0.3, -0.25) is 4.79 Å². The van der Waals surface area contributed by atoms with E-state index in [2.05, 4.69) is 22.8 Å². The molecule has 176 valence electrons. The Morgan fingerprint density at radius 1 is 0.909 bits per heavy atom. The van der Waals surface area contributed by atoms with Crippen LogP contribution in [0.1, 0.15) is 57.1 Å². The normalized spacial score (nSPS) is 15.0. The van der Waals surface area contributed by atoms with Crippen molar-refractivity contribution in [3.05, 3.63) is 59.7 Å². The minimum absolute atomic E-state index is 0.0820. The summed E-state index contributed by atoms with van der Waals surface area (Å²) in [6.07, 6.45) is 0.778. The van der Waals surface area contributed by atoms with E-state index < -0.39 is 30.1 Å². The molecule has 0 heterocycles. The summed E-state index contributed by atoms with van der Waals surface area (Å²) in [7, 11) is 0. The predicted molar refractivity (Wildman–Crippen MR) is 126 cm³/mol. The summed E-state index contributed by atoms with van der Waals surface area (Å²) in [6.45, 7) is 5.80. The lowest BCUT2D eigenvalue weighted by Crippen LogP contribution is -2.52. The third-order valence-corrected chi connectivity index (χ3v) is 6.31. The quantitative estimate of drug-likeness (QED) is 0.498. The molecule has 2 unspecified atom stereocenters. The molecular formula is C26H32N2O5. The fourth-order valence-corrected chi connectivity index (χ4v) is 4.19. The van der Waals surface area contributed by atoms with Gasteiger partial charge in [0.2, 0.25) is 5.91 Å². The van der Waals surface area contributed by atoms with Gasteiger partial charge in [0.15, 0.2) is 0 Å². The van der Waals surface area contributed by atoms with Crippen molar-refractivity contribution in [3.8, 4) is 11.1 Å². The molecule has 0 saturated carbocycles. The summed E-state index contributed by atoms with van der Waals surface area (Å²) in [5.41, 5.74) is 4.48. The number of carboxylic acid groups (broad SMARTS) is 1. The standard InChI is InChI=1S/C26H32N2O5/c1-4-16(3)14-23(24(29)27-22(5-2)25(30)31)28-26(32)33-15-21-19-12-8-6-10-17(19)18-11-7-9-13-20(18)21/h6-13,16,21-23H,4-5,14-15H2,1-3H3,(H,27,29)(H,28,32)(H,30,31)/t16?,22-,23?/m0/s1. The average Bonchev–Trinajstić information content (AvgIpc) is 3.14. The number of hydrogen-bond acceptors (Lipinski definition) is 4. The zero-order valence-electron chi connectivity index (χ0n) is 19.3. The van der Waals surface area contributed by atoms with Crippen molar-refractivity contribution in [2.75, 3.05) is 6.61 Å². The number of aliphatic carboxylic acids is 1. The van der Waals surface area contributed by atoms with E-state index in [1.165, 1.54) is 0 Å². The summed E-state index contributed by atoms with van der Waals surface area (Å²) in [5, 5.41) is 14.4. The number of carbonyl (C=O) groups excluding carboxylic acids is 2. The van der Waals surface area contributed by atoms with Gasteiger partial charge in [-0.25, -0.2) is 9.59 Å². The van der Waals surface area contributed by atoms with Crippen LogP contribution < -0.4 is 10.6 Å². The van der Waals surface area contributed by atoms with E-state index in [-0.39, 0.29) is 24.9 Å². The molecule has 7 nitrogen and oxygen atoms in total. The second kappa shape index (κ2) is 11.0. The van der Waals surface area contributed by atoms with Gasteiger partial charge in [-0.2, -0.15) is 0 Å². The summed E-state index contributed by atoms with van der Waals surface area (Å²) < 4.78 is 5.57. The second-order valence-electron chi connectivity index (χ2n) is 8.58. The van der Waals surface area contributed by atoms with Gasteiger partial charge >= 0.3 is 12.1 Å². The molecule has 3 N–H and O–H groups in total. The van der Waals surface area contributed by atoms with Crippen LogP contribution in [0.4, 0.5) is 4.79 Å². The van der Waals surface area contributed by atoms with Crippen LogP contribution in [0.2, 0.25) is 0 Å². The Balaban J connectivity index is 1.68. The minimum atomic E-state index is -1.10. The Labute approximate surface area is 194 Å². The molecular weight excluding hydrogens is 420 g/mol. The Bertz CT molecular complexity index is 960. The topological polar surface area (TPSA) is 105 Å². The van der Waals surface area contributed by atoms with Crippen molar-refractivity contribution in [1.29, 1.82) is 0 Å². The van der Waals surface area contributed by atoms with Crippen LogP contribution in [-0.4, -0.2) is 41.8 Å². The van der Waals surface area contributed by atoms with E-state index in [1.54, 1.807) is 6.92 Å². The highest BCUT2D eigenvalue weighted by Crippen LogP contribution is 2.44. The maximum Gasteiger partial charge on any atom is 0.407 e. The van der Waals surface area contributed by atoms with Crippen LogP contribution >= 0.6 is 0 Å². The minimum Gasteiger partial charge on any atom is -0.480 e. The molecule has 33 heavy (non-hydrogen) atoms. The van der Waals surface area contributed by atoms with E-state index in [0.717, 1.165) is 28.7 Å². The number of ether oxygens (including phenoxy) is 1. The van der Waals surface area contributed by atoms with E-state index in [9.17, 15) is 19.5 Å². The molecule has 2 amide bonds. The molecule has 0 aromatic heterocycles. The van der Waals surface area contributed by atoms with Crippen LogP contribution in [0.5, 0.6) is 0 Å². The van der Waals surface area contributed by atoms with Crippen molar-refractivity contribution in [1.82, 2.24) is 10.6 Å². The lowest BCUT2D eigenvalue weighted by atomic mass is 9.98. The molecule has 0 spiro atoms. The van der Waals surface area contributed by atoms with E-state index in [4.69, 9.17) is 4.74 Å². The van der Waals surface area contributed by atoms with Gasteiger partial charge in [0, 0.05) is 5.92 Å². The molecule has 0 saturated heterocycles. The Kier molecular flexibility index (Phi) is 8.09. The molecule has 1 aliphatic carbocycles. The van der Waals surface area contributed by atoms with Crippen LogP contribution in [0.25, 0.3) is 11.1 Å². The van der Waals surface area contributed by atoms with E-state index >= 15 is 0 Å². The SMILES string of the molecule is CCC(C)CC(NC(=O)OCC1c2ccccc2-c2ccccc21)C(=O)N[C@@H](CC)C(=O)O. The van der Waals surface area contributed by atoms with Crippen LogP contribution in [0.3, 0.4) is 0 Å². The smallest absolute Gasteiger partial charge is 0.407 e. The molecule has 2 aromatic rings. The van der Waals surface area contributed by atoms with Crippen LogP contribution in [-0.2, 0) is 14.3 Å². The number of rotatable bonds is 10. The Morgan fingerprint density at radius 2 is 1.48 bits per heavy atom. The number of amides is 2. The fraction of sp³-hybridized carbons (Fsp3) is 0.423. The maximum absolute atomic E-state index is 12.7. The van der Waals surface area contributed by atoms with Crippen molar-refractivity contribution in [2.45, 2.75) is 58.0 Å². The summed E-state index contributed by atoms with van der Waals surface area (Å²) >= 11 is 0. The lowest BCUT2D eigenvalue weighted by molar-refractivity contribution is -0.142. The Morgan fingerprint density at radius 3 is 2.00 bits per heavy atom. The summed E-state index contributed by atoms with van der Waals surface area (Å²) in [4.78, 5) is 36.7. The van der Waals surface area contributed by atoms with Crippen molar-refractivity contribution in [3.63, 3.8) is 0 Å². The van der Waals surface area contributed by atoms with Crippen molar-refractivity contribution >= 4 is 18.0 Å². The molecule has 0 bridgehead atoms. The number of carbonyl (C=O) groups is 3. The molecule has 3 atom stereocenters. The predicted octanol–water partition coefficient (Wildman–Crippen LogP) is 4.31. The number of carboxylic acids is 1. The summed E-state index contributed by atoms with van der Waals surface area (Å²) in [6, 6.07) is 14.3. The number of fused-ring (bicyclic) bond motifs is 3. The van der Waals surface area contributed by atoms with Gasteiger partial charge in [-0.1, -0.05) is 75.7 Å². The van der Waals surface area contributed by atoms with Gasteiger partial charge in [-0.05, 0) is 41.0 Å². The molecule has 0 fully saturated rings. The van der Waals surface area contributed by atoms with E-state index in [0.29, 0.717) is 6.42 Å². The number of nitrogens with one attached hydrogen (secondary N) is 2. The first kappa shape index (κ1) is 24.3. The monoisotopic (exact) mass is 452 g/mol. The maximum atomic E-state index is 12.7. The number of alkyl carbamates (subject to hydrolysis) is 1. The molecule has 0 aliphatic heterocycles. The number of benzene rings is 2.